The second kappa shape index (κ2) is 15.8. The lowest BCUT2D eigenvalue weighted by molar-refractivity contribution is -0.140. The summed E-state index contributed by atoms with van der Waals surface area (Å²) in [4.78, 5) is 29.9. The van der Waals surface area contributed by atoms with E-state index in [1.54, 1.807) is 48.5 Å². The zero-order valence-corrected chi connectivity index (χ0v) is 28.9. The fourth-order valence-corrected chi connectivity index (χ4v) is 6.95. The van der Waals surface area contributed by atoms with Crippen molar-refractivity contribution < 1.29 is 18.0 Å². The molecular weight excluding hydrogens is 665 g/mol. The van der Waals surface area contributed by atoms with Crippen molar-refractivity contribution in [2.75, 3.05) is 10.8 Å². The molecular formula is C35H36Cl3N3O4S. The lowest BCUT2D eigenvalue weighted by Crippen LogP contribution is -2.54. The molecule has 0 heterocycles. The first-order valence-electron chi connectivity index (χ1n) is 14.8. The molecule has 0 radical (unpaired) electrons. The number of hydrogen-bond donors (Lipinski definition) is 1. The van der Waals surface area contributed by atoms with Crippen LogP contribution in [0.5, 0.6) is 0 Å². The number of carbonyl (C=O) groups excluding carboxylic acids is 2. The number of hydrogen-bond acceptors (Lipinski definition) is 4. The van der Waals surface area contributed by atoms with Crippen molar-refractivity contribution in [3.05, 3.63) is 129 Å². The maximum Gasteiger partial charge on any atom is 0.264 e. The Labute approximate surface area is 286 Å². The van der Waals surface area contributed by atoms with Gasteiger partial charge in [0.25, 0.3) is 10.0 Å². The molecule has 0 aliphatic rings. The molecule has 0 fully saturated rings. The number of carbonyl (C=O) groups is 2. The molecule has 1 N–H and O–H groups in total. The summed E-state index contributed by atoms with van der Waals surface area (Å²) in [5.41, 5.74) is 2.32. The van der Waals surface area contributed by atoms with Crippen molar-refractivity contribution >= 4 is 62.3 Å². The Balaban J connectivity index is 1.84. The van der Waals surface area contributed by atoms with Crippen LogP contribution in [0.15, 0.2) is 102 Å². The second-order valence-electron chi connectivity index (χ2n) is 11.0. The second-order valence-corrected chi connectivity index (χ2v) is 14.2. The summed E-state index contributed by atoms with van der Waals surface area (Å²) in [6, 6.07) is 25.7. The van der Waals surface area contributed by atoms with E-state index in [1.807, 2.05) is 51.1 Å². The molecule has 0 aromatic heterocycles. The fourth-order valence-electron chi connectivity index (χ4n) is 4.85. The van der Waals surface area contributed by atoms with Crippen molar-refractivity contribution in [3.63, 3.8) is 0 Å². The first-order valence-corrected chi connectivity index (χ1v) is 17.4. The van der Waals surface area contributed by atoms with Crippen LogP contribution in [0, 0.1) is 6.92 Å². The minimum Gasteiger partial charge on any atom is -0.352 e. The third-order valence-corrected chi connectivity index (χ3v) is 10.4. The molecule has 242 valence electrons. The van der Waals surface area contributed by atoms with Crippen LogP contribution in [-0.4, -0.2) is 43.8 Å². The molecule has 4 aromatic carbocycles. The SMILES string of the molecule is CC[C@@H](C)NC(=O)[C@@H](Cc1ccccc1)N(Cc1c(Cl)cccc1Cl)C(=O)CN(c1cccc(Cl)c1)S(=O)(=O)c1ccc(C)cc1. The highest BCUT2D eigenvalue weighted by Crippen LogP contribution is 2.30. The number of halogens is 3. The van der Waals surface area contributed by atoms with Crippen molar-refractivity contribution in [1.82, 2.24) is 10.2 Å². The van der Waals surface area contributed by atoms with Crippen LogP contribution in [0.1, 0.15) is 37.0 Å². The van der Waals surface area contributed by atoms with E-state index in [4.69, 9.17) is 34.8 Å². The van der Waals surface area contributed by atoms with E-state index in [1.165, 1.54) is 23.1 Å². The molecule has 7 nitrogen and oxygen atoms in total. The predicted molar refractivity (Wildman–Crippen MR) is 186 cm³/mol. The topological polar surface area (TPSA) is 86.8 Å². The Kier molecular flexibility index (Phi) is 12.1. The third-order valence-electron chi connectivity index (χ3n) is 7.65. The average Bonchev–Trinajstić information content (AvgIpc) is 3.03. The van der Waals surface area contributed by atoms with Gasteiger partial charge in [0.15, 0.2) is 0 Å². The van der Waals surface area contributed by atoms with Gasteiger partial charge in [0.1, 0.15) is 12.6 Å². The summed E-state index contributed by atoms with van der Waals surface area (Å²) < 4.78 is 29.3. The van der Waals surface area contributed by atoms with Gasteiger partial charge in [-0.05, 0) is 68.3 Å². The van der Waals surface area contributed by atoms with Crippen LogP contribution < -0.4 is 9.62 Å². The van der Waals surface area contributed by atoms with Gasteiger partial charge in [0, 0.05) is 39.6 Å². The van der Waals surface area contributed by atoms with E-state index in [0.29, 0.717) is 27.1 Å². The lowest BCUT2D eigenvalue weighted by Gasteiger charge is -2.34. The van der Waals surface area contributed by atoms with Crippen molar-refractivity contribution in [2.45, 2.75) is 57.1 Å². The molecule has 0 aliphatic heterocycles. The molecule has 0 saturated heterocycles. The van der Waals surface area contributed by atoms with Gasteiger partial charge in [-0.2, -0.15) is 0 Å². The van der Waals surface area contributed by atoms with Crippen LogP contribution in [0.25, 0.3) is 0 Å². The highest BCUT2D eigenvalue weighted by atomic mass is 35.5. The zero-order chi connectivity index (χ0) is 33.4. The summed E-state index contributed by atoms with van der Waals surface area (Å²) in [7, 11) is -4.26. The summed E-state index contributed by atoms with van der Waals surface area (Å²) in [6.07, 6.45) is 0.838. The Morgan fingerprint density at radius 1 is 0.848 bits per heavy atom. The number of anilines is 1. The van der Waals surface area contributed by atoms with E-state index in [2.05, 4.69) is 5.32 Å². The number of benzene rings is 4. The third kappa shape index (κ3) is 8.82. The van der Waals surface area contributed by atoms with Crippen LogP contribution in [0.2, 0.25) is 15.1 Å². The largest absolute Gasteiger partial charge is 0.352 e. The lowest BCUT2D eigenvalue weighted by atomic mass is 10.0. The molecule has 2 amide bonds. The van der Waals surface area contributed by atoms with Gasteiger partial charge in [0.2, 0.25) is 11.8 Å². The molecule has 0 unspecified atom stereocenters. The number of rotatable bonds is 13. The van der Waals surface area contributed by atoms with Gasteiger partial charge >= 0.3 is 0 Å². The maximum absolute atomic E-state index is 14.6. The molecule has 0 spiro atoms. The van der Waals surface area contributed by atoms with Gasteiger partial charge in [0.05, 0.1) is 10.6 Å². The number of amides is 2. The summed E-state index contributed by atoms with van der Waals surface area (Å²) in [6.45, 7) is 4.91. The molecule has 4 rings (SSSR count). The molecule has 4 aromatic rings. The van der Waals surface area contributed by atoms with Crippen molar-refractivity contribution in [1.29, 1.82) is 0 Å². The monoisotopic (exact) mass is 699 g/mol. The summed E-state index contributed by atoms with van der Waals surface area (Å²) in [5, 5.41) is 3.92. The van der Waals surface area contributed by atoms with Crippen LogP contribution in [-0.2, 0) is 32.6 Å². The van der Waals surface area contributed by atoms with Crippen LogP contribution >= 0.6 is 34.8 Å². The molecule has 2 atom stereocenters. The summed E-state index contributed by atoms with van der Waals surface area (Å²) >= 11 is 19.4. The van der Waals surface area contributed by atoms with Gasteiger partial charge in [-0.15, -0.1) is 0 Å². The average molecular weight is 701 g/mol. The normalized spacial score (nSPS) is 12.7. The number of nitrogens with zero attached hydrogens (tertiary/aromatic N) is 2. The van der Waals surface area contributed by atoms with Gasteiger partial charge in [-0.25, -0.2) is 8.42 Å². The molecule has 0 bridgehead atoms. The van der Waals surface area contributed by atoms with Crippen molar-refractivity contribution in [3.8, 4) is 0 Å². The predicted octanol–water partition coefficient (Wildman–Crippen LogP) is 7.71. The van der Waals surface area contributed by atoms with Crippen molar-refractivity contribution in [2.24, 2.45) is 0 Å². The number of nitrogens with one attached hydrogen (secondary N) is 1. The van der Waals surface area contributed by atoms with E-state index < -0.39 is 28.5 Å². The molecule has 11 heteroatoms. The van der Waals surface area contributed by atoms with Gasteiger partial charge < -0.3 is 10.2 Å². The quantitative estimate of drug-likeness (QED) is 0.155. The van der Waals surface area contributed by atoms with Gasteiger partial charge in [-0.1, -0.05) is 102 Å². The number of sulfonamides is 1. The highest BCUT2D eigenvalue weighted by Gasteiger charge is 2.35. The van der Waals surface area contributed by atoms with E-state index in [-0.39, 0.29) is 35.5 Å². The standard InChI is InChI=1S/C35H36Cl3N3O4S/c1-4-25(3)39-35(43)33(20-26-10-6-5-7-11-26)40(22-30-31(37)14-9-15-32(30)38)34(42)23-41(28-13-8-12-27(36)21-28)46(44,45)29-18-16-24(2)17-19-29/h5-19,21,25,33H,4,20,22-23H2,1-3H3,(H,39,43)/t25-,33-/m1/s1. The first-order chi connectivity index (χ1) is 21.9. The minimum atomic E-state index is -4.26. The smallest absolute Gasteiger partial charge is 0.264 e. The Bertz CT molecular complexity index is 1750. The molecule has 0 saturated carbocycles. The fraction of sp³-hybridized carbons (Fsp3) is 0.257. The van der Waals surface area contributed by atoms with Crippen LogP contribution in [0.3, 0.4) is 0 Å². The molecule has 0 aliphatic carbocycles. The number of aryl methyl sites for hydroxylation is 1. The van der Waals surface area contributed by atoms with Crippen LogP contribution in [0.4, 0.5) is 5.69 Å². The highest BCUT2D eigenvalue weighted by molar-refractivity contribution is 7.92. The van der Waals surface area contributed by atoms with Gasteiger partial charge in [-0.3, -0.25) is 13.9 Å². The summed E-state index contributed by atoms with van der Waals surface area (Å²) in [5.74, 6) is -1.02. The Morgan fingerprint density at radius 3 is 2.09 bits per heavy atom. The molecule has 46 heavy (non-hydrogen) atoms. The maximum atomic E-state index is 14.6. The van der Waals surface area contributed by atoms with E-state index in [0.717, 1.165) is 15.4 Å². The van der Waals surface area contributed by atoms with E-state index >= 15 is 0 Å². The van der Waals surface area contributed by atoms with E-state index in [9.17, 15) is 18.0 Å². The zero-order valence-electron chi connectivity index (χ0n) is 25.8. The Morgan fingerprint density at radius 2 is 1.48 bits per heavy atom. The first kappa shape index (κ1) is 35.3. The minimum absolute atomic E-state index is 0.00178. The Hall–Kier alpha value is -3.56.